The summed E-state index contributed by atoms with van der Waals surface area (Å²) in [5, 5.41) is 11.0. The lowest BCUT2D eigenvalue weighted by molar-refractivity contribution is -0.385. The second-order valence-corrected chi connectivity index (χ2v) is 7.41. The van der Waals surface area contributed by atoms with E-state index in [1.807, 2.05) is 38.1 Å². The van der Waals surface area contributed by atoms with Crippen LogP contribution in [0.3, 0.4) is 0 Å². The van der Waals surface area contributed by atoms with E-state index in [1.54, 1.807) is 6.92 Å². The third kappa shape index (κ3) is 3.98. The molecule has 0 aliphatic heterocycles. The van der Waals surface area contributed by atoms with Crippen molar-refractivity contribution in [1.29, 1.82) is 0 Å². The van der Waals surface area contributed by atoms with Crippen molar-refractivity contribution in [1.82, 2.24) is 4.72 Å². The van der Waals surface area contributed by atoms with Crippen LogP contribution in [-0.2, 0) is 10.0 Å². The Morgan fingerprint density at radius 1 is 1.12 bits per heavy atom. The predicted molar refractivity (Wildman–Crippen MR) is 92.4 cm³/mol. The number of sulfonamides is 1. The number of benzene rings is 2. The largest absolute Gasteiger partial charge is 0.273 e. The molecule has 24 heavy (non-hydrogen) atoms. The van der Waals surface area contributed by atoms with Crippen molar-refractivity contribution in [2.24, 2.45) is 0 Å². The molecule has 0 amide bonds. The van der Waals surface area contributed by atoms with Crippen molar-refractivity contribution in [2.45, 2.75) is 38.1 Å². The van der Waals surface area contributed by atoms with Crippen LogP contribution in [0.4, 0.5) is 5.69 Å². The first kappa shape index (κ1) is 18.1. The summed E-state index contributed by atoms with van der Waals surface area (Å²) in [6, 6.07) is 11.1. The summed E-state index contributed by atoms with van der Waals surface area (Å²) in [4.78, 5) is 10.3. The molecule has 0 unspecified atom stereocenters. The summed E-state index contributed by atoms with van der Waals surface area (Å²) < 4.78 is 27.8. The number of nitro benzene ring substituents is 1. The van der Waals surface area contributed by atoms with E-state index in [0.717, 1.165) is 17.2 Å². The molecule has 1 N–H and O–H groups in total. The molecule has 0 spiro atoms. The number of hydrogen-bond donors (Lipinski definition) is 1. The van der Waals surface area contributed by atoms with Gasteiger partial charge in [0.2, 0.25) is 10.0 Å². The van der Waals surface area contributed by atoms with E-state index in [2.05, 4.69) is 4.72 Å². The molecule has 1 atom stereocenters. The van der Waals surface area contributed by atoms with Crippen LogP contribution in [0.2, 0.25) is 0 Å². The first-order chi connectivity index (χ1) is 11.2. The quantitative estimate of drug-likeness (QED) is 0.637. The van der Waals surface area contributed by atoms with Crippen LogP contribution < -0.4 is 4.72 Å². The van der Waals surface area contributed by atoms with Gasteiger partial charge in [0.1, 0.15) is 0 Å². The lowest BCUT2D eigenvalue weighted by atomic mass is 10.0. The second kappa shape index (κ2) is 7.11. The van der Waals surface area contributed by atoms with Gasteiger partial charge in [-0.25, -0.2) is 13.1 Å². The lowest BCUT2D eigenvalue weighted by Crippen LogP contribution is -2.28. The SMILES string of the molecule is CC[C@@H](NS(=O)(=O)c1ccc(C)c([N+](=O)[O-])c1)c1ccc(C)cc1. The van der Waals surface area contributed by atoms with Crippen molar-refractivity contribution >= 4 is 15.7 Å². The Hall–Kier alpha value is -2.25. The molecule has 0 aliphatic carbocycles. The van der Waals surface area contributed by atoms with E-state index < -0.39 is 21.0 Å². The number of rotatable bonds is 6. The minimum atomic E-state index is -3.86. The third-order valence-corrected chi connectivity index (χ3v) is 5.34. The molecule has 7 heteroatoms. The van der Waals surface area contributed by atoms with Gasteiger partial charge in [-0.2, -0.15) is 0 Å². The summed E-state index contributed by atoms with van der Waals surface area (Å²) in [5.74, 6) is 0. The van der Waals surface area contributed by atoms with E-state index in [1.165, 1.54) is 12.1 Å². The highest BCUT2D eigenvalue weighted by Gasteiger charge is 2.23. The predicted octanol–water partition coefficient (Wildman–Crippen LogP) is 3.64. The lowest BCUT2D eigenvalue weighted by Gasteiger charge is -2.18. The molecule has 0 saturated carbocycles. The van der Waals surface area contributed by atoms with E-state index in [4.69, 9.17) is 0 Å². The van der Waals surface area contributed by atoms with E-state index in [9.17, 15) is 18.5 Å². The number of nitrogens with one attached hydrogen (secondary N) is 1. The van der Waals surface area contributed by atoms with Gasteiger partial charge in [-0.05, 0) is 31.9 Å². The van der Waals surface area contributed by atoms with Gasteiger partial charge in [-0.3, -0.25) is 10.1 Å². The van der Waals surface area contributed by atoms with Crippen LogP contribution in [-0.4, -0.2) is 13.3 Å². The normalized spacial score (nSPS) is 12.8. The molecule has 2 aromatic rings. The van der Waals surface area contributed by atoms with Gasteiger partial charge in [0.15, 0.2) is 0 Å². The smallest absolute Gasteiger partial charge is 0.258 e. The maximum Gasteiger partial charge on any atom is 0.273 e. The first-order valence-corrected chi connectivity index (χ1v) is 9.07. The molecule has 0 radical (unpaired) electrons. The van der Waals surface area contributed by atoms with E-state index in [0.29, 0.717) is 12.0 Å². The zero-order valence-electron chi connectivity index (χ0n) is 13.8. The minimum Gasteiger partial charge on any atom is -0.258 e. The highest BCUT2D eigenvalue weighted by atomic mass is 32.2. The van der Waals surface area contributed by atoms with Gasteiger partial charge in [0.05, 0.1) is 9.82 Å². The highest BCUT2D eigenvalue weighted by Crippen LogP contribution is 2.25. The second-order valence-electron chi connectivity index (χ2n) is 5.70. The number of nitrogens with zero attached hydrogens (tertiary/aromatic N) is 1. The number of aryl methyl sites for hydroxylation is 2. The van der Waals surface area contributed by atoms with Crippen molar-refractivity contribution in [3.05, 3.63) is 69.3 Å². The average molecular weight is 348 g/mol. The van der Waals surface area contributed by atoms with Gasteiger partial charge in [0, 0.05) is 17.7 Å². The Morgan fingerprint density at radius 2 is 1.75 bits per heavy atom. The molecule has 0 saturated heterocycles. The van der Waals surface area contributed by atoms with Gasteiger partial charge >= 0.3 is 0 Å². The minimum absolute atomic E-state index is 0.106. The molecule has 128 valence electrons. The summed E-state index contributed by atoms with van der Waals surface area (Å²) in [7, 11) is -3.86. The highest BCUT2D eigenvalue weighted by molar-refractivity contribution is 7.89. The van der Waals surface area contributed by atoms with Crippen molar-refractivity contribution in [3.63, 3.8) is 0 Å². The number of hydrogen-bond acceptors (Lipinski definition) is 4. The summed E-state index contributed by atoms with van der Waals surface area (Å²) in [6.07, 6.45) is 0.566. The first-order valence-electron chi connectivity index (χ1n) is 7.58. The standard InChI is InChI=1S/C17H20N2O4S/c1-4-16(14-8-5-12(2)6-9-14)18-24(22,23)15-10-7-13(3)17(11-15)19(20)21/h5-11,16,18H,4H2,1-3H3/t16-/m1/s1. The molecular weight excluding hydrogens is 328 g/mol. The van der Waals surface area contributed by atoms with Gasteiger partial charge < -0.3 is 0 Å². The molecule has 2 rings (SSSR count). The maximum absolute atomic E-state index is 12.6. The van der Waals surface area contributed by atoms with Crippen molar-refractivity contribution < 1.29 is 13.3 Å². The Labute approximate surface area is 141 Å². The van der Waals surface area contributed by atoms with Gasteiger partial charge in [0.25, 0.3) is 5.69 Å². The molecule has 0 bridgehead atoms. The van der Waals surface area contributed by atoms with Crippen LogP contribution in [0.5, 0.6) is 0 Å². The molecule has 0 aliphatic rings. The summed E-state index contributed by atoms with van der Waals surface area (Å²) in [6.45, 7) is 5.41. The Bertz CT molecular complexity index is 845. The van der Waals surface area contributed by atoms with Crippen LogP contribution in [0.15, 0.2) is 47.4 Å². The van der Waals surface area contributed by atoms with Crippen LogP contribution in [0, 0.1) is 24.0 Å². The van der Waals surface area contributed by atoms with Crippen LogP contribution in [0.1, 0.15) is 36.1 Å². The van der Waals surface area contributed by atoms with Gasteiger partial charge in [-0.1, -0.05) is 42.8 Å². The molecule has 6 nitrogen and oxygen atoms in total. The van der Waals surface area contributed by atoms with Crippen molar-refractivity contribution in [2.75, 3.05) is 0 Å². The zero-order valence-corrected chi connectivity index (χ0v) is 14.6. The molecule has 2 aromatic carbocycles. The molecular formula is C17H20N2O4S. The molecule has 0 aromatic heterocycles. The van der Waals surface area contributed by atoms with E-state index in [-0.39, 0.29) is 10.6 Å². The fourth-order valence-corrected chi connectivity index (χ4v) is 3.72. The maximum atomic E-state index is 12.6. The Morgan fingerprint density at radius 3 is 2.29 bits per heavy atom. The van der Waals surface area contributed by atoms with Crippen LogP contribution in [0.25, 0.3) is 0 Å². The fourth-order valence-electron chi connectivity index (χ4n) is 2.39. The third-order valence-electron chi connectivity index (χ3n) is 3.87. The fraction of sp³-hybridized carbons (Fsp3) is 0.294. The van der Waals surface area contributed by atoms with E-state index >= 15 is 0 Å². The van der Waals surface area contributed by atoms with Gasteiger partial charge in [-0.15, -0.1) is 0 Å². The zero-order chi connectivity index (χ0) is 17.9. The summed E-state index contributed by atoms with van der Waals surface area (Å²) in [5.41, 5.74) is 2.16. The Kier molecular flexibility index (Phi) is 5.36. The molecule has 0 heterocycles. The average Bonchev–Trinajstić information content (AvgIpc) is 2.53. The topological polar surface area (TPSA) is 89.3 Å². The molecule has 0 fully saturated rings. The summed E-state index contributed by atoms with van der Waals surface area (Å²) >= 11 is 0. The van der Waals surface area contributed by atoms with Crippen LogP contribution >= 0.6 is 0 Å². The monoisotopic (exact) mass is 348 g/mol. The van der Waals surface area contributed by atoms with Crippen molar-refractivity contribution in [3.8, 4) is 0 Å². The Balaban J connectivity index is 2.34. The number of nitro groups is 1.